The van der Waals surface area contributed by atoms with E-state index in [-0.39, 0.29) is 0 Å². The third kappa shape index (κ3) is 4.17. The van der Waals surface area contributed by atoms with Crippen molar-refractivity contribution in [1.29, 1.82) is 0 Å². The van der Waals surface area contributed by atoms with Gasteiger partial charge in [-0.25, -0.2) is 0 Å². The monoisotopic (exact) mass is 617 g/mol. The molecule has 0 N–H and O–H groups in total. The summed E-state index contributed by atoms with van der Waals surface area (Å²) in [4.78, 5) is 0. The van der Waals surface area contributed by atoms with Crippen molar-refractivity contribution in [2.75, 3.05) is 0 Å². The highest BCUT2D eigenvalue weighted by Crippen LogP contribution is 2.44. The van der Waals surface area contributed by atoms with Crippen LogP contribution in [-0.2, 0) is 0 Å². The van der Waals surface area contributed by atoms with E-state index in [1.807, 2.05) is 17.4 Å². The van der Waals surface area contributed by atoms with Crippen molar-refractivity contribution in [1.82, 2.24) is 4.57 Å². The zero-order valence-corrected chi connectivity index (χ0v) is 26.2. The molecule has 0 unspecified atom stereocenters. The zero-order chi connectivity index (χ0) is 30.9. The Balaban J connectivity index is 1.05. The van der Waals surface area contributed by atoms with Crippen LogP contribution >= 0.6 is 11.3 Å². The molecule has 10 aromatic rings. The number of thiophene rings is 1. The van der Waals surface area contributed by atoms with Gasteiger partial charge in [-0.2, -0.15) is 0 Å². The molecule has 0 fully saturated rings. The highest BCUT2D eigenvalue weighted by molar-refractivity contribution is 7.26. The minimum atomic E-state index is 0.908. The molecular weight excluding hydrogens is 591 g/mol. The molecule has 3 heteroatoms. The van der Waals surface area contributed by atoms with E-state index in [1.165, 1.54) is 59.1 Å². The molecule has 0 bridgehead atoms. The first kappa shape index (κ1) is 26.3. The molecule has 0 spiro atoms. The van der Waals surface area contributed by atoms with E-state index in [9.17, 15) is 0 Å². The van der Waals surface area contributed by atoms with Gasteiger partial charge in [0.1, 0.15) is 11.2 Å². The number of fused-ring (bicyclic) bond motifs is 8. The molecule has 47 heavy (non-hydrogen) atoms. The van der Waals surface area contributed by atoms with Gasteiger partial charge >= 0.3 is 0 Å². The van der Waals surface area contributed by atoms with Gasteiger partial charge < -0.3 is 8.98 Å². The maximum Gasteiger partial charge on any atom is 0.136 e. The summed E-state index contributed by atoms with van der Waals surface area (Å²) in [5.74, 6) is 0. The summed E-state index contributed by atoms with van der Waals surface area (Å²) >= 11 is 1.89. The van der Waals surface area contributed by atoms with Gasteiger partial charge in [0, 0.05) is 31.9 Å². The Kier molecular flexibility index (Phi) is 5.78. The second kappa shape index (κ2) is 10.3. The second-order valence-corrected chi connectivity index (χ2v) is 13.2. The summed E-state index contributed by atoms with van der Waals surface area (Å²) in [6.45, 7) is 0. The molecule has 0 aliphatic heterocycles. The van der Waals surface area contributed by atoms with E-state index in [1.54, 1.807) is 0 Å². The lowest BCUT2D eigenvalue weighted by molar-refractivity contribution is 0.669. The Hall–Kier alpha value is -5.90. The van der Waals surface area contributed by atoms with Crippen LogP contribution in [-0.4, -0.2) is 4.57 Å². The standard InChI is InChI=1S/C44H27NOS/c1-3-10-28(11-4-1)31-18-21-35-36-22-19-32(26-41(36)46-40(35)25-31)29-12-9-13-30(24-29)33-20-23-38-42(27-33)47-44-37-16-7-8-17-39(37)45(43(38)44)34-14-5-2-6-15-34/h1-27H. The average Bonchev–Trinajstić information content (AvgIpc) is 3.80. The maximum absolute atomic E-state index is 6.43. The molecule has 0 aliphatic carbocycles. The summed E-state index contributed by atoms with van der Waals surface area (Å²) < 4.78 is 11.5. The van der Waals surface area contributed by atoms with E-state index >= 15 is 0 Å². The highest BCUT2D eigenvalue weighted by Gasteiger charge is 2.18. The first-order valence-electron chi connectivity index (χ1n) is 15.9. The van der Waals surface area contributed by atoms with Crippen LogP contribution < -0.4 is 0 Å². The van der Waals surface area contributed by atoms with Crippen LogP contribution in [0, 0.1) is 0 Å². The van der Waals surface area contributed by atoms with Gasteiger partial charge in [-0.3, -0.25) is 0 Å². The molecule has 7 aromatic carbocycles. The third-order valence-corrected chi connectivity index (χ3v) is 10.6. The average molecular weight is 618 g/mol. The molecule has 10 rings (SSSR count). The van der Waals surface area contributed by atoms with E-state index < -0.39 is 0 Å². The first-order valence-corrected chi connectivity index (χ1v) is 16.7. The Morgan fingerprint density at radius 3 is 1.68 bits per heavy atom. The number of rotatable bonds is 4. The van der Waals surface area contributed by atoms with Gasteiger partial charge in [0.15, 0.2) is 0 Å². The van der Waals surface area contributed by atoms with Crippen molar-refractivity contribution in [3.05, 3.63) is 164 Å². The number of aromatic nitrogens is 1. The quantitative estimate of drug-likeness (QED) is 0.192. The molecule has 3 heterocycles. The normalized spacial score (nSPS) is 11.8. The second-order valence-electron chi connectivity index (χ2n) is 12.1. The van der Waals surface area contributed by atoms with Crippen molar-refractivity contribution in [3.8, 4) is 39.1 Å². The van der Waals surface area contributed by atoms with Gasteiger partial charge in [0.25, 0.3) is 0 Å². The summed E-state index contributed by atoms with van der Waals surface area (Å²) in [6, 6.07) is 58.8. The third-order valence-electron chi connectivity index (χ3n) is 9.40. The summed E-state index contributed by atoms with van der Waals surface area (Å²) in [7, 11) is 0. The zero-order valence-electron chi connectivity index (χ0n) is 25.4. The lowest BCUT2D eigenvalue weighted by Crippen LogP contribution is -1.92. The van der Waals surface area contributed by atoms with Gasteiger partial charge in [0.05, 0.1) is 15.7 Å². The van der Waals surface area contributed by atoms with E-state index in [2.05, 4.69) is 162 Å². The van der Waals surface area contributed by atoms with Crippen LogP contribution in [0.1, 0.15) is 0 Å². The Bertz CT molecular complexity index is 2780. The number of furan rings is 1. The Morgan fingerprint density at radius 1 is 0.404 bits per heavy atom. The van der Waals surface area contributed by atoms with Crippen molar-refractivity contribution in [3.63, 3.8) is 0 Å². The minimum Gasteiger partial charge on any atom is -0.456 e. The molecule has 0 saturated carbocycles. The van der Waals surface area contributed by atoms with Gasteiger partial charge in [-0.15, -0.1) is 11.3 Å². The van der Waals surface area contributed by atoms with Crippen molar-refractivity contribution in [2.45, 2.75) is 0 Å². The van der Waals surface area contributed by atoms with Crippen LogP contribution in [0.3, 0.4) is 0 Å². The highest BCUT2D eigenvalue weighted by atomic mass is 32.1. The molecule has 0 atom stereocenters. The van der Waals surface area contributed by atoms with Crippen molar-refractivity contribution in [2.24, 2.45) is 0 Å². The number of hydrogen-bond acceptors (Lipinski definition) is 2. The van der Waals surface area contributed by atoms with Crippen molar-refractivity contribution < 1.29 is 4.42 Å². The largest absolute Gasteiger partial charge is 0.456 e. The number of benzene rings is 7. The first-order chi connectivity index (χ1) is 23.3. The molecule has 0 radical (unpaired) electrons. The fourth-order valence-electron chi connectivity index (χ4n) is 7.14. The molecule has 3 aromatic heterocycles. The van der Waals surface area contributed by atoms with Crippen molar-refractivity contribution >= 4 is 64.5 Å². The lowest BCUT2D eigenvalue weighted by atomic mass is 9.98. The van der Waals surface area contributed by atoms with Crippen LogP contribution in [0.4, 0.5) is 0 Å². The Morgan fingerprint density at radius 2 is 0.957 bits per heavy atom. The molecule has 0 amide bonds. The van der Waals surface area contributed by atoms with Crippen LogP contribution in [0.15, 0.2) is 168 Å². The van der Waals surface area contributed by atoms with E-state index in [4.69, 9.17) is 4.42 Å². The van der Waals surface area contributed by atoms with Crippen LogP contribution in [0.5, 0.6) is 0 Å². The van der Waals surface area contributed by atoms with E-state index in [0.29, 0.717) is 0 Å². The molecular formula is C44H27NOS. The summed E-state index contributed by atoms with van der Waals surface area (Å²) in [6.07, 6.45) is 0. The van der Waals surface area contributed by atoms with Crippen LogP contribution in [0.25, 0.3) is 92.2 Å². The number of para-hydroxylation sites is 2. The SMILES string of the molecule is c1ccc(-c2ccc3c(c2)oc2cc(-c4cccc(-c5ccc6c(c5)sc5c7ccccc7n(-c7ccccc7)c65)c4)ccc23)cc1. The smallest absolute Gasteiger partial charge is 0.136 e. The van der Waals surface area contributed by atoms with Gasteiger partial charge in [-0.05, 0) is 88.0 Å². The van der Waals surface area contributed by atoms with Crippen LogP contribution in [0.2, 0.25) is 0 Å². The molecule has 0 saturated heterocycles. The topological polar surface area (TPSA) is 18.1 Å². The predicted octanol–water partition coefficient (Wildman–Crippen LogP) is 12.9. The molecule has 2 nitrogen and oxygen atoms in total. The maximum atomic E-state index is 6.43. The van der Waals surface area contributed by atoms with Gasteiger partial charge in [-0.1, -0.05) is 109 Å². The summed E-state index contributed by atoms with van der Waals surface area (Å²) in [5, 5.41) is 4.87. The summed E-state index contributed by atoms with van der Waals surface area (Å²) in [5.41, 5.74) is 12.6. The Labute approximate surface area is 275 Å². The predicted molar refractivity (Wildman–Crippen MR) is 200 cm³/mol. The fourth-order valence-corrected chi connectivity index (χ4v) is 8.40. The van der Waals surface area contributed by atoms with E-state index in [0.717, 1.165) is 33.1 Å². The number of hydrogen-bond donors (Lipinski definition) is 0. The molecule has 220 valence electrons. The number of nitrogens with zero attached hydrogens (tertiary/aromatic N) is 1. The fraction of sp³-hybridized carbons (Fsp3) is 0. The lowest BCUT2D eigenvalue weighted by Gasteiger charge is -2.09. The molecule has 0 aliphatic rings. The van der Waals surface area contributed by atoms with Gasteiger partial charge in [0.2, 0.25) is 0 Å². The minimum absolute atomic E-state index is 0.908.